The van der Waals surface area contributed by atoms with Crippen molar-refractivity contribution in [3.05, 3.63) is 35.8 Å². The molecule has 108 valence electrons. The molecule has 0 aliphatic rings. The van der Waals surface area contributed by atoms with Crippen molar-refractivity contribution >= 4 is 26.4 Å². The number of hydrogen-bond acceptors (Lipinski definition) is 5. The van der Waals surface area contributed by atoms with Gasteiger partial charge >= 0.3 is 0 Å². The van der Waals surface area contributed by atoms with E-state index in [-0.39, 0.29) is 4.90 Å². The number of aromatic amines is 1. The molecule has 7 heteroatoms. The zero-order chi connectivity index (χ0) is 15.1. The highest BCUT2D eigenvalue weighted by atomic mass is 32.2. The molecule has 0 spiro atoms. The molecule has 0 aliphatic heterocycles. The lowest BCUT2D eigenvalue weighted by Gasteiger charge is -2.18. The van der Waals surface area contributed by atoms with Crippen molar-refractivity contribution in [3.8, 4) is 0 Å². The fraction of sp³-hybridized carbons (Fsp3) is 0.231. The topological polar surface area (TPSA) is 105 Å². The Kier molecular flexibility index (Phi) is 3.49. The first-order valence-electron chi connectivity index (χ1n) is 6.00. The van der Waals surface area contributed by atoms with Gasteiger partial charge < -0.3 is 10.7 Å². The molecular weight excluding hydrogens is 276 g/mol. The Hall–Kier alpha value is -1.99. The van der Waals surface area contributed by atoms with E-state index in [1.54, 1.807) is 19.2 Å². The largest absolute Gasteiger partial charge is 0.401 e. The van der Waals surface area contributed by atoms with Crippen molar-refractivity contribution in [1.82, 2.24) is 4.98 Å². The van der Waals surface area contributed by atoms with E-state index >= 15 is 0 Å². The quantitative estimate of drug-likeness (QED) is 0.586. The molecule has 2 aromatic rings. The van der Waals surface area contributed by atoms with Gasteiger partial charge in [-0.2, -0.15) is 0 Å². The Bertz CT molecular complexity index is 786. The van der Waals surface area contributed by atoms with Crippen LogP contribution in [-0.4, -0.2) is 19.7 Å². The number of fused-ring (bicyclic) bond motifs is 1. The standard InChI is InChI=1S/C13H18N4O2S/c1-8-4-5-10-11(20(3,18)19)6-16-12(10)13(8)17(15)7-9(2)14/h4-7,16H,14-15H2,1-3H3/b9-7-. The second-order valence-electron chi connectivity index (χ2n) is 4.86. The number of aryl methyl sites for hydroxylation is 1. The van der Waals surface area contributed by atoms with E-state index < -0.39 is 9.84 Å². The van der Waals surface area contributed by atoms with Crippen molar-refractivity contribution in [2.45, 2.75) is 18.7 Å². The van der Waals surface area contributed by atoms with Gasteiger partial charge in [-0.15, -0.1) is 0 Å². The molecule has 0 saturated heterocycles. The molecule has 0 amide bonds. The Morgan fingerprint density at radius 2 is 2.05 bits per heavy atom. The zero-order valence-electron chi connectivity index (χ0n) is 11.6. The predicted octanol–water partition coefficient (Wildman–Crippen LogP) is 1.38. The number of hydrazine groups is 1. The van der Waals surface area contributed by atoms with Crippen molar-refractivity contribution < 1.29 is 8.42 Å². The number of nitrogens with zero attached hydrogens (tertiary/aromatic N) is 1. The maximum Gasteiger partial charge on any atom is 0.177 e. The number of hydrogen-bond donors (Lipinski definition) is 3. The molecule has 20 heavy (non-hydrogen) atoms. The number of allylic oxidation sites excluding steroid dienone is 1. The third kappa shape index (κ3) is 2.50. The van der Waals surface area contributed by atoms with Crippen molar-refractivity contribution in [2.75, 3.05) is 11.3 Å². The van der Waals surface area contributed by atoms with Gasteiger partial charge in [-0.05, 0) is 19.4 Å². The summed E-state index contributed by atoms with van der Waals surface area (Å²) in [6.45, 7) is 3.63. The lowest BCUT2D eigenvalue weighted by molar-refractivity contribution is 0.602. The molecule has 0 radical (unpaired) electrons. The summed E-state index contributed by atoms with van der Waals surface area (Å²) in [6, 6.07) is 3.60. The Balaban J connectivity index is 2.76. The fourth-order valence-electron chi connectivity index (χ4n) is 2.19. The van der Waals surface area contributed by atoms with Gasteiger partial charge in [0.1, 0.15) is 0 Å². The summed E-state index contributed by atoms with van der Waals surface area (Å²) < 4.78 is 23.5. The van der Waals surface area contributed by atoms with E-state index in [0.29, 0.717) is 22.3 Å². The van der Waals surface area contributed by atoms with E-state index in [4.69, 9.17) is 11.6 Å². The number of sulfone groups is 1. The Labute approximate surface area is 117 Å². The number of H-pyrrole nitrogens is 1. The minimum atomic E-state index is -3.30. The summed E-state index contributed by atoms with van der Waals surface area (Å²) in [5.74, 6) is 5.99. The average Bonchev–Trinajstić information content (AvgIpc) is 2.70. The van der Waals surface area contributed by atoms with Crippen LogP contribution in [0, 0.1) is 6.92 Å². The van der Waals surface area contributed by atoms with E-state index in [0.717, 1.165) is 5.56 Å². The van der Waals surface area contributed by atoms with Gasteiger partial charge in [0, 0.05) is 29.7 Å². The smallest absolute Gasteiger partial charge is 0.177 e. The van der Waals surface area contributed by atoms with Gasteiger partial charge in [-0.1, -0.05) is 12.1 Å². The van der Waals surface area contributed by atoms with Crippen LogP contribution in [0.2, 0.25) is 0 Å². The van der Waals surface area contributed by atoms with Crippen LogP contribution in [0.3, 0.4) is 0 Å². The third-order valence-corrected chi connectivity index (χ3v) is 4.13. The summed E-state index contributed by atoms with van der Waals surface area (Å²) >= 11 is 0. The maximum atomic E-state index is 11.8. The fourth-order valence-corrected chi connectivity index (χ4v) is 3.03. The molecule has 6 nitrogen and oxygen atoms in total. The van der Waals surface area contributed by atoms with Gasteiger partial charge in [-0.25, -0.2) is 14.3 Å². The number of nitrogens with two attached hydrogens (primary N) is 2. The Morgan fingerprint density at radius 3 is 2.60 bits per heavy atom. The number of rotatable bonds is 3. The summed E-state index contributed by atoms with van der Waals surface area (Å²) in [4.78, 5) is 3.25. The summed E-state index contributed by atoms with van der Waals surface area (Å²) in [5.41, 5.74) is 8.47. The first-order valence-corrected chi connectivity index (χ1v) is 7.89. The lowest BCUT2D eigenvalue weighted by atomic mass is 10.1. The van der Waals surface area contributed by atoms with Crippen LogP contribution in [0.25, 0.3) is 10.9 Å². The molecule has 0 fully saturated rings. The van der Waals surface area contributed by atoms with Crippen LogP contribution in [-0.2, 0) is 9.84 Å². The minimum Gasteiger partial charge on any atom is -0.401 e. The normalized spacial score (nSPS) is 12.9. The van der Waals surface area contributed by atoms with Gasteiger partial charge in [0.05, 0.1) is 16.1 Å². The molecule has 5 N–H and O–H groups in total. The number of aromatic nitrogens is 1. The molecule has 1 aromatic carbocycles. The molecule has 1 heterocycles. The molecular formula is C13H18N4O2S. The first-order chi connectivity index (χ1) is 9.21. The second kappa shape index (κ2) is 4.84. The highest BCUT2D eigenvalue weighted by Crippen LogP contribution is 2.32. The van der Waals surface area contributed by atoms with Crippen LogP contribution < -0.4 is 16.6 Å². The monoisotopic (exact) mass is 294 g/mol. The van der Waals surface area contributed by atoms with Crippen LogP contribution in [0.15, 0.2) is 35.1 Å². The average molecular weight is 294 g/mol. The summed E-state index contributed by atoms with van der Waals surface area (Å²) in [7, 11) is -3.30. The van der Waals surface area contributed by atoms with Gasteiger partial charge in [0.25, 0.3) is 0 Å². The number of anilines is 1. The highest BCUT2D eigenvalue weighted by molar-refractivity contribution is 7.91. The second-order valence-corrected chi connectivity index (χ2v) is 6.84. The van der Waals surface area contributed by atoms with Crippen molar-refractivity contribution in [2.24, 2.45) is 11.6 Å². The number of benzene rings is 1. The molecule has 0 atom stereocenters. The molecule has 0 unspecified atom stereocenters. The molecule has 2 rings (SSSR count). The van der Waals surface area contributed by atoms with E-state index in [1.807, 2.05) is 13.0 Å². The highest BCUT2D eigenvalue weighted by Gasteiger charge is 2.18. The lowest BCUT2D eigenvalue weighted by Crippen LogP contribution is -2.26. The van der Waals surface area contributed by atoms with Gasteiger partial charge in [0.15, 0.2) is 9.84 Å². The van der Waals surface area contributed by atoms with E-state index in [2.05, 4.69) is 4.98 Å². The van der Waals surface area contributed by atoms with E-state index in [9.17, 15) is 8.42 Å². The van der Waals surface area contributed by atoms with Crippen LogP contribution >= 0.6 is 0 Å². The molecule has 0 saturated carbocycles. The zero-order valence-corrected chi connectivity index (χ0v) is 12.5. The first kappa shape index (κ1) is 14.4. The molecule has 0 aliphatic carbocycles. The predicted molar refractivity (Wildman–Crippen MR) is 80.8 cm³/mol. The Morgan fingerprint density at radius 1 is 1.40 bits per heavy atom. The van der Waals surface area contributed by atoms with Crippen LogP contribution in [0.5, 0.6) is 0 Å². The van der Waals surface area contributed by atoms with E-state index in [1.165, 1.54) is 17.5 Å². The van der Waals surface area contributed by atoms with Crippen molar-refractivity contribution in [3.63, 3.8) is 0 Å². The van der Waals surface area contributed by atoms with Crippen LogP contribution in [0.1, 0.15) is 12.5 Å². The van der Waals surface area contributed by atoms with Gasteiger partial charge in [0.2, 0.25) is 0 Å². The number of nitrogens with one attached hydrogen (secondary N) is 1. The SMILES string of the molecule is C/C(N)=C/N(N)c1c(C)ccc2c(S(C)(=O)=O)c[nH]c12. The minimum absolute atomic E-state index is 0.260. The summed E-state index contributed by atoms with van der Waals surface area (Å²) in [6.07, 6.45) is 4.25. The maximum absolute atomic E-state index is 11.8. The van der Waals surface area contributed by atoms with Gasteiger partial charge in [-0.3, -0.25) is 5.01 Å². The molecule has 0 bridgehead atoms. The molecule has 1 aromatic heterocycles. The van der Waals surface area contributed by atoms with Crippen LogP contribution in [0.4, 0.5) is 5.69 Å². The summed E-state index contributed by atoms with van der Waals surface area (Å²) in [5, 5.41) is 2.02. The van der Waals surface area contributed by atoms with Crippen molar-refractivity contribution in [1.29, 1.82) is 0 Å². The third-order valence-electron chi connectivity index (χ3n) is 2.99.